The van der Waals surface area contributed by atoms with Crippen LogP contribution in [0.3, 0.4) is 0 Å². The van der Waals surface area contributed by atoms with Gasteiger partial charge in [0.1, 0.15) is 12.1 Å². The molecule has 1 aromatic carbocycles. The summed E-state index contributed by atoms with van der Waals surface area (Å²) >= 11 is 0. The van der Waals surface area contributed by atoms with Crippen molar-refractivity contribution in [3.63, 3.8) is 0 Å². The Balaban J connectivity index is 2.14. The molecule has 17 heavy (non-hydrogen) atoms. The number of hydrogen-bond acceptors (Lipinski definition) is 3. The summed E-state index contributed by atoms with van der Waals surface area (Å²) in [6, 6.07) is 8.24. The van der Waals surface area contributed by atoms with Crippen LogP contribution >= 0.6 is 0 Å². The number of nitrogens with zero attached hydrogens (tertiary/aromatic N) is 1. The van der Waals surface area contributed by atoms with E-state index in [0.29, 0.717) is 6.42 Å². The monoisotopic (exact) mass is 234 g/mol. The van der Waals surface area contributed by atoms with Crippen LogP contribution in [0.5, 0.6) is 0 Å². The molecule has 1 aromatic rings. The van der Waals surface area contributed by atoms with Gasteiger partial charge in [-0.15, -0.1) is 0 Å². The normalized spacial score (nSPS) is 23.2. The maximum atomic E-state index is 11.7. The first kappa shape index (κ1) is 11.4. The van der Waals surface area contributed by atoms with E-state index in [1.807, 2.05) is 30.3 Å². The van der Waals surface area contributed by atoms with E-state index >= 15 is 0 Å². The number of aliphatic carboxylic acids is 1. The molecule has 1 amide bonds. The Bertz CT molecular complexity index is 433. The first-order chi connectivity index (χ1) is 8.09. The Morgan fingerprint density at radius 2 is 2.06 bits per heavy atom. The molecule has 1 aliphatic heterocycles. The number of carbonyl (C=O) groups is 2. The van der Waals surface area contributed by atoms with Crippen molar-refractivity contribution < 1.29 is 14.7 Å². The van der Waals surface area contributed by atoms with Gasteiger partial charge in [-0.05, 0) is 12.1 Å². The van der Waals surface area contributed by atoms with Crippen molar-refractivity contribution in [1.82, 2.24) is 5.32 Å². The van der Waals surface area contributed by atoms with Crippen LogP contribution in [0.2, 0.25) is 0 Å². The lowest BCUT2D eigenvalue weighted by atomic mass is 10.1. The molecule has 0 radical (unpaired) electrons. The van der Waals surface area contributed by atoms with Crippen LogP contribution in [0.1, 0.15) is 6.42 Å². The minimum absolute atomic E-state index is 0.233. The Kier molecular flexibility index (Phi) is 2.99. The lowest BCUT2D eigenvalue weighted by Crippen LogP contribution is -2.38. The van der Waals surface area contributed by atoms with Crippen LogP contribution < -0.4 is 10.2 Å². The molecule has 1 heterocycles. The van der Waals surface area contributed by atoms with Gasteiger partial charge in [0.05, 0.1) is 0 Å². The fourth-order valence-electron chi connectivity index (χ4n) is 2.00. The number of nitrogens with one attached hydrogen (secondary N) is 1. The van der Waals surface area contributed by atoms with E-state index in [-0.39, 0.29) is 5.91 Å². The number of para-hydroxylation sites is 1. The molecular formula is C12H14N2O3. The van der Waals surface area contributed by atoms with Gasteiger partial charge >= 0.3 is 5.97 Å². The van der Waals surface area contributed by atoms with Crippen LogP contribution in [0, 0.1) is 0 Å². The van der Waals surface area contributed by atoms with E-state index in [9.17, 15) is 9.59 Å². The number of benzene rings is 1. The van der Waals surface area contributed by atoms with E-state index in [0.717, 1.165) is 5.69 Å². The Labute approximate surface area is 99.0 Å². The van der Waals surface area contributed by atoms with Crippen molar-refractivity contribution in [2.75, 3.05) is 11.9 Å². The highest BCUT2D eigenvalue weighted by Crippen LogP contribution is 2.20. The van der Waals surface area contributed by atoms with Crippen molar-refractivity contribution in [3.8, 4) is 0 Å². The fourth-order valence-corrected chi connectivity index (χ4v) is 2.00. The number of rotatable bonds is 3. The van der Waals surface area contributed by atoms with Crippen LogP contribution in [-0.4, -0.2) is 36.1 Å². The van der Waals surface area contributed by atoms with Crippen molar-refractivity contribution in [1.29, 1.82) is 0 Å². The van der Waals surface area contributed by atoms with E-state index in [1.165, 1.54) is 0 Å². The van der Waals surface area contributed by atoms with Gasteiger partial charge in [-0.3, -0.25) is 4.79 Å². The molecule has 0 saturated carbocycles. The molecule has 0 aliphatic carbocycles. The van der Waals surface area contributed by atoms with Crippen LogP contribution in [0.25, 0.3) is 0 Å². The molecule has 1 aliphatic rings. The number of carboxylic acid groups (broad SMARTS) is 1. The van der Waals surface area contributed by atoms with Crippen LogP contribution in [-0.2, 0) is 9.59 Å². The van der Waals surface area contributed by atoms with Crippen molar-refractivity contribution >= 4 is 17.6 Å². The van der Waals surface area contributed by atoms with E-state index in [4.69, 9.17) is 5.11 Å². The molecule has 5 nitrogen and oxygen atoms in total. The molecule has 5 heteroatoms. The number of anilines is 1. The number of hydrogen-bond donors (Lipinski definition) is 2. The largest absolute Gasteiger partial charge is 0.480 e. The second kappa shape index (κ2) is 4.45. The van der Waals surface area contributed by atoms with Gasteiger partial charge in [-0.25, -0.2) is 4.79 Å². The summed E-state index contributed by atoms with van der Waals surface area (Å²) in [7, 11) is 1.80. The zero-order valence-corrected chi connectivity index (χ0v) is 9.46. The van der Waals surface area contributed by atoms with Gasteiger partial charge in [-0.1, -0.05) is 18.2 Å². The Morgan fingerprint density at radius 1 is 1.41 bits per heavy atom. The zero-order chi connectivity index (χ0) is 12.4. The first-order valence-electron chi connectivity index (χ1n) is 5.40. The van der Waals surface area contributed by atoms with E-state index in [2.05, 4.69) is 5.32 Å². The highest BCUT2D eigenvalue weighted by molar-refractivity contribution is 5.93. The predicted molar refractivity (Wildman–Crippen MR) is 62.8 cm³/mol. The van der Waals surface area contributed by atoms with E-state index < -0.39 is 18.1 Å². The standard InChI is InChI=1S/C12H14N2O3/c1-14(8-5-3-2-4-6-8)10-7-9(12(16)17)13-11(10)15/h2-6,9-10H,7H2,1H3,(H,13,15)(H,16,17)/t9-,10+/m0/s1. The molecule has 2 rings (SSSR count). The first-order valence-corrected chi connectivity index (χ1v) is 5.40. The average molecular weight is 234 g/mol. The highest BCUT2D eigenvalue weighted by Gasteiger charge is 2.38. The third-order valence-electron chi connectivity index (χ3n) is 3.01. The van der Waals surface area contributed by atoms with Gasteiger partial charge in [0, 0.05) is 19.2 Å². The molecule has 0 bridgehead atoms. The van der Waals surface area contributed by atoms with Crippen molar-refractivity contribution in [2.24, 2.45) is 0 Å². The van der Waals surface area contributed by atoms with Gasteiger partial charge < -0.3 is 15.3 Å². The van der Waals surface area contributed by atoms with Crippen molar-refractivity contribution in [2.45, 2.75) is 18.5 Å². The molecule has 2 atom stereocenters. The summed E-state index contributed by atoms with van der Waals surface area (Å²) in [5, 5.41) is 11.3. The predicted octanol–water partition coefficient (Wildman–Crippen LogP) is 0.464. The SMILES string of the molecule is CN(c1ccccc1)[C@@H]1C[C@@H](C(=O)O)NC1=O. The zero-order valence-electron chi connectivity index (χ0n) is 9.46. The minimum Gasteiger partial charge on any atom is -0.480 e. The molecule has 90 valence electrons. The quantitative estimate of drug-likeness (QED) is 0.797. The summed E-state index contributed by atoms with van der Waals surface area (Å²) in [6.07, 6.45) is 0.291. The van der Waals surface area contributed by atoms with Gasteiger partial charge in [0.25, 0.3) is 0 Å². The number of carboxylic acids is 1. The molecule has 0 unspecified atom stereocenters. The summed E-state index contributed by atoms with van der Waals surface area (Å²) in [5.74, 6) is -1.22. The van der Waals surface area contributed by atoms with E-state index in [1.54, 1.807) is 11.9 Å². The molecule has 2 N–H and O–H groups in total. The van der Waals surface area contributed by atoms with Gasteiger partial charge in [-0.2, -0.15) is 0 Å². The molecular weight excluding hydrogens is 220 g/mol. The minimum atomic E-state index is -0.984. The number of amides is 1. The van der Waals surface area contributed by atoms with Crippen LogP contribution in [0.4, 0.5) is 5.69 Å². The molecule has 0 aromatic heterocycles. The molecule has 1 saturated heterocycles. The van der Waals surface area contributed by atoms with Gasteiger partial charge in [0.15, 0.2) is 0 Å². The summed E-state index contributed by atoms with van der Waals surface area (Å²) in [5.41, 5.74) is 0.902. The molecule has 1 fully saturated rings. The Morgan fingerprint density at radius 3 is 2.59 bits per heavy atom. The van der Waals surface area contributed by atoms with Crippen LogP contribution in [0.15, 0.2) is 30.3 Å². The lowest BCUT2D eigenvalue weighted by molar-refractivity contribution is -0.140. The third kappa shape index (κ3) is 2.22. The summed E-state index contributed by atoms with van der Waals surface area (Å²) in [4.78, 5) is 24.3. The fraction of sp³-hybridized carbons (Fsp3) is 0.333. The number of likely N-dealkylation sites (N-methyl/N-ethyl adjacent to an activating group) is 1. The lowest BCUT2D eigenvalue weighted by Gasteiger charge is -2.24. The number of carbonyl (C=O) groups excluding carboxylic acids is 1. The molecule has 0 spiro atoms. The topological polar surface area (TPSA) is 69.6 Å². The maximum Gasteiger partial charge on any atom is 0.326 e. The average Bonchev–Trinajstić information content (AvgIpc) is 2.72. The summed E-state index contributed by atoms with van der Waals surface area (Å²) in [6.45, 7) is 0. The van der Waals surface area contributed by atoms with Gasteiger partial charge in [0.2, 0.25) is 5.91 Å². The second-order valence-corrected chi connectivity index (χ2v) is 4.10. The third-order valence-corrected chi connectivity index (χ3v) is 3.01. The van der Waals surface area contributed by atoms with Crippen molar-refractivity contribution in [3.05, 3.63) is 30.3 Å². The maximum absolute atomic E-state index is 11.7. The second-order valence-electron chi connectivity index (χ2n) is 4.10. The summed E-state index contributed by atoms with van der Waals surface area (Å²) < 4.78 is 0. The highest BCUT2D eigenvalue weighted by atomic mass is 16.4. The Hall–Kier alpha value is -2.04. The smallest absolute Gasteiger partial charge is 0.326 e.